The van der Waals surface area contributed by atoms with Crippen molar-refractivity contribution in [3.8, 4) is 17.2 Å². The number of methoxy groups -OCH3 is 2. The third-order valence-electron chi connectivity index (χ3n) is 5.91. The highest BCUT2D eigenvalue weighted by atomic mass is 16.5. The van der Waals surface area contributed by atoms with Gasteiger partial charge in [0.1, 0.15) is 17.2 Å². The summed E-state index contributed by atoms with van der Waals surface area (Å²) in [6, 6.07) is 16.6. The van der Waals surface area contributed by atoms with Crippen LogP contribution in [0, 0.1) is 0 Å². The summed E-state index contributed by atoms with van der Waals surface area (Å²) >= 11 is 0. The SMILES string of the molecule is COc1ccc2nc3n4c5cc(O)ccc5nc4n4c5cc(OC)ccc5nc4n3c2c1. The minimum atomic E-state index is 0.160. The third kappa shape index (κ3) is 2.04. The molecule has 0 aliphatic heterocycles. The van der Waals surface area contributed by atoms with Crippen molar-refractivity contribution >= 4 is 50.4 Å². The quantitative estimate of drug-likeness (QED) is 0.454. The first-order valence-corrected chi connectivity index (χ1v) is 10.0. The van der Waals surface area contributed by atoms with Crippen LogP contribution in [0.5, 0.6) is 17.2 Å². The van der Waals surface area contributed by atoms with Gasteiger partial charge in [0.25, 0.3) is 0 Å². The van der Waals surface area contributed by atoms with E-state index in [9.17, 15) is 5.11 Å². The Balaban J connectivity index is 1.84. The molecule has 0 amide bonds. The van der Waals surface area contributed by atoms with Crippen LogP contribution in [0.15, 0.2) is 54.6 Å². The molecule has 7 aromatic rings. The second kappa shape index (κ2) is 5.79. The molecule has 4 aromatic heterocycles. The Hall–Kier alpha value is -4.53. The van der Waals surface area contributed by atoms with Crippen molar-refractivity contribution in [2.24, 2.45) is 0 Å². The average Bonchev–Trinajstić information content (AvgIpc) is 3.48. The molecule has 0 aliphatic carbocycles. The van der Waals surface area contributed by atoms with Crippen molar-refractivity contribution in [3.05, 3.63) is 54.6 Å². The Labute approximate surface area is 179 Å². The molecule has 0 radical (unpaired) electrons. The van der Waals surface area contributed by atoms with E-state index in [4.69, 9.17) is 24.4 Å². The van der Waals surface area contributed by atoms with Gasteiger partial charge in [-0.05, 0) is 36.4 Å². The summed E-state index contributed by atoms with van der Waals surface area (Å²) in [6.45, 7) is 0. The maximum absolute atomic E-state index is 10.2. The predicted octanol–water partition coefficient (Wildman–Crippen LogP) is 3.81. The van der Waals surface area contributed by atoms with E-state index in [1.54, 1.807) is 32.4 Å². The third-order valence-corrected chi connectivity index (χ3v) is 5.91. The van der Waals surface area contributed by atoms with Crippen LogP contribution < -0.4 is 9.47 Å². The lowest BCUT2D eigenvalue weighted by Crippen LogP contribution is -2.04. The van der Waals surface area contributed by atoms with E-state index in [-0.39, 0.29) is 5.75 Å². The monoisotopic (exact) mass is 424 g/mol. The highest BCUT2D eigenvalue weighted by Crippen LogP contribution is 2.31. The van der Waals surface area contributed by atoms with Crippen molar-refractivity contribution < 1.29 is 14.6 Å². The molecule has 0 fully saturated rings. The van der Waals surface area contributed by atoms with Crippen LogP contribution >= 0.6 is 0 Å². The molecule has 1 N–H and O–H groups in total. The molecule has 0 aliphatic rings. The van der Waals surface area contributed by atoms with Gasteiger partial charge in [0.2, 0.25) is 17.3 Å². The Kier molecular flexibility index (Phi) is 3.11. The molecule has 0 saturated carbocycles. The van der Waals surface area contributed by atoms with Gasteiger partial charge >= 0.3 is 0 Å². The Morgan fingerprint density at radius 2 is 1.00 bits per heavy atom. The van der Waals surface area contributed by atoms with Gasteiger partial charge in [0.05, 0.1) is 47.3 Å². The minimum Gasteiger partial charge on any atom is -0.508 e. The molecule has 156 valence electrons. The van der Waals surface area contributed by atoms with E-state index in [0.29, 0.717) is 17.3 Å². The smallest absolute Gasteiger partial charge is 0.225 e. The highest BCUT2D eigenvalue weighted by Gasteiger charge is 2.21. The van der Waals surface area contributed by atoms with E-state index in [2.05, 4.69) is 0 Å². The van der Waals surface area contributed by atoms with Crippen molar-refractivity contribution in [3.63, 3.8) is 0 Å². The van der Waals surface area contributed by atoms with Crippen molar-refractivity contribution in [2.45, 2.75) is 0 Å². The first-order valence-electron chi connectivity index (χ1n) is 10.0. The molecule has 0 saturated heterocycles. The number of rotatable bonds is 2. The molecule has 32 heavy (non-hydrogen) atoms. The summed E-state index contributed by atoms with van der Waals surface area (Å²) in [5, 5.41) is 10.2. The van der Waals surface area contributed by atoms with E-state index in [1.165, 1.54) is 0 Å². The molecule has 0 atom stereocenters. The highest BCUT2D eigenvalue weighted by molar-refractivity contribution is 5.92. The zero-order valence-electron chi connectivity index (χ0n) is 17.1. The fourth-order valence-corrected chi connectivity index (χ4v) is 4.43. The lowest BCUT2D eigenvalue weighted by molar-refractivity contribution is 0.415. The number of phenolic OH excluding ortho intramolecular Hbond substituents is 1. The predicted molar refractivity (Wildman–Crippen MR) is 120 cm³/mol. The summed E-state index contributed by atoms with van der Waals surface area (Å²) in [6.07, 6.45) is 0. The lowest BCUT2D eigenvalue weighted by atomic mass is 10.3. The molecule has 4 heterocycles. The molecule has 0 spiro atoms. The van der Waals surface area contributed by atoms with Crippen LogP contribution in [0.4, 0.5) is 0 Å². The maximum atomic E-state index is 10.2. The van der Waals surface area contributed by atoms with Crippen molar-refractivity contribution in [1.82, 2.24) is 28.2 Å². The Morgan fingerprint density at radius 3 is 1.44 bits per heavy atom. The van der Waals surface area contributed by atoms with Crippen molar-refractivity contribution in [1.29, 1.82) is 0 Å². The number of ether oxygens (including phenoxy) is 2. The van der Waals surface area contributed by atoms with Gasteiger partial charge in [-0.25, -0.2) is 28.2 Å². The molecule has 3 aromatic carbocycles. The van der Waals surface area contributed by atoms with Crippen LogP contribution in [0.1, 0.15) is 0 Å². The van der Waals surface area contributed by atoms with E-state index < -0.39 is 0 Å². The summed E-state index contributed by atoms with van der Waals surface area (Å²) in [5.74, 6) is 3.57. The standard InChI is InChI=1S/C23H16N6O3/c1-31-13-4-7-16-19(10-13)29-22(25-16)27-18-9-12(30)3-6-15(18)24-21(27)28-20-11-14(32-2)5-8-17(20)26-23(28)29/h3-11,30H,1-2H3. The van der Waals surface area contributed by atoms with Gasteiger partial charge in [0.15, 0.2) is 0 Å². The number of nitrogens with zero attached hydrogens (tertiary/aromatic N) is 6. The summed E-state index contributed by atoms with van der Waals surface area (Å²) in [7, 11) is 3.28. The zero-order valence-corrected chi connectivity index (χ0v) is 17.1. The molecular formula is C23H16N6O3. The molecule has 0 unspecified atom stereocenters. The lowest BCUT2D eigenvalue weighted by Gasteiger charge is -2.06. The topological polar surface area (TPSA) is 90.6 Å². The van der Waals surface area contributed by atoms with Gasteiger partial charge in [-0.2, -0.15) is 0 Å². The number of hydrogen-bond donors (Lipinski definition) is 1. The Morgan fingerprint density at radius 1 is 0.594 bits per heavy atom. The molecule has 0 bridgehead atoms. The van der Waals surface area contributed by atoms with Gasteiger partial charge < -0.3 is 14.6 Å². The number of phenols is 1. The van der Waals surface area contributed by atoms with Gasteiger partial charge in [-0.15, -0.1) is 0 Å². The van der Waals surface area contributed by atoms with Gasteiger partial charge in [0, 0.05) is 18.2 Å². The number of hydrogen-bond acceptors (Lipinski definition) is 6. The van der Waals surface area contributed by atoms with Crippen LogP contribution in [0.25, 0.3) is 50.4 Å². The molecule has 9 heteroatoms. The maximum Gasteiger partial charge on any atom is 0.225 e. The minimum absolute atomic E-state index is 0.160. The summed E-state index contributed by atoms with van der Waals surface area (Å²) in [5.41, 5.74) is 4.81. The number of aromatic hydroxyl groups is 1. The fourth-order valence-electron chi connectivity index (χ4n) is 4.43. The van der Waals surface area contributed by atoms with E-state index in [1.807, 2.05) is 49.6 Å². The average molecular weight is 424 g/mol. The van der Waals surface area contributed by atoms with E-state index >= 15 is 0 Å². The Bertz CT molecular complexity index is 1830. The van der Waals surface area contributed by atoms with Crippen molar-refractivity contribution in [2.75, 3.05) is 14.2 Å². The molecule has 7 rings (SSSR count). The number of imidazole rings is 3. The fraction of sp³-hybridized carbons (Fsp3) is 0.0870. The summed E-state index contributed by atoms with van der Waals surface area (Å²) < 4.78 is 16.8. The van der Waals surface area contributed by atoms with Crippen LogP contribution in [-0.2, 0) is 0 Å². The molecule has 9 nitrogen and oxygen atoms in total. The first kappa shape index (κ1) is 17.2. The van der Waals surface area contributed by atoms with Crippen LogP contribution in [-0.4, -0.2) is 47.5 Å². The van der Waals surface area contributed by atoms with E-state index in [0.717, 1.165) is 44.6 Å². The number of fused-ring (bicyclic) bond motifs is 12. The van der Waals surface area contributed by atoms with Gasteiger partial charge in [-0.1, -0.05) is 0 Å². The zero-order chi connectivity index (χ0) is 21.6. The number of aromatic nitrogens is 6. The normalized spacial score (nSPS) is 12.2. The molecular weight excluding hydrogens is 408 g/mol. The second-order valence-corrected chi connectivity index (χ2v) is 7.62. The first-order chi connectivity index (χ1) is 15.7. The van der Waals surface area contributed by atoms with Gasteiger partial charge in [-0.3, -0.25) is 0 Å². The second-order valence-electron chi connectivity index (χ2n) is 7.62. The largest absolute Gasteiger partial charge is 0.508 e. The number of benzene rings is 3. The van der Waals surface area contributed by atoms with Crippen LogP contribution in [0.2, 0.25) is 0 Å². The summed E-state index contributed by atoms with van der Waals surface area (Å²) in [4.78, 5) is 14.7. The van der Waals surface area contributed by atoms with Crippen LogP contribution in [0.3, 0.4) is 0 Å².